The van der Waals surface area contributed by atoms with Crippen molar-refractivity contribution < 1.29 is 9.59 Å². The Morgan fingerprint density at radius 2 is 2.06 bits per heavy atom. The molecule has 0 aliphatic carbocycles. The fourth-order valence-corrected chi connectivity index (χ4v) is 3.44. The molecule has 0 saturated carbocycles. The molecule has 18 heavy (non-hydrogen) atoms. The Kier molecular flexibility index (Phi) is 3.68. The quantitative estimate of drug-likeness (QED) is 0.858. The van der Waals surface area contributed by atoms with Crippen molar-refractivity contribution in [3.8, 4) is 0 Å². The highest BCUT2D eigenvalue weighted by atomic mass is 32.2. The van der Waals surface area contributed by atoms with Gasteiger partial charge in [-0.3, -0.25) is 9.59 Å². The number of benzene rings is 1. The van der Waals surface area contributed by atoms with Crippen LogP contribution in [0.3, 0.4) is 0 Å². The average molecular weight is 280 g/mol. The summed E-state index contributed by atoms with van der Waals surface area (Å²) in [5, 5.41) is 3.67. The molecule has 0 saturated heterocycles. The van der Waals surface area contributed by atoms with Crippen LogP contribution in [0.15, 0.2) is 17.0 Å². The Hall–Kier alpha value is -1.40. The van der Waals surface area contributed by atoms with Crippen molar-refractivity contribution in [2.75, 3.05) is 5.32 Å². The van der Waals surface area contributed by atoms with Crippen LogP contribution in [0.2, 0.25) is 0 Å². The number of hydrogen-bond acceptors (Lipinski definition) is 5. The highest BCUT2D eigenvalue weighted by molar-refractivity contribution is 8.14. The van der Waals surface area contributed by atoms with E-state index in [9.17, 15) is 9.59 Å². The molecule has 1 aromatic heterocycles. The second kappa shape index (κ2) is 5.07. The Morgan fingerprint density at radius 3 is 2.67 bits per heavy atom. The number of carbonyl (C=O) groups excluding carboxylic acids is 2. The van der Waals surface area contributed by atoms with E-state index in [1.807, 2.05) is 13.0 Å². The number of thiazole rings is 1. The van der Waals surface area contributed by atoms with Crippen LogP contribution >= 0.6 is 23.1 Å². The Balaban J connectivity index is 2.61. The minimum atomic E-state index is -0.152. The largest absolute Gasteiger partial charge is 0.325 e. The number of amides is 1. The highest BCUT2D eigenvalue weighted by Crippen LogP contribution is 2.38. The molecule has 2 aromatic rings. The average Bonchev–Trinajstić information content (AvgIpc) is 2.61. The number of thioether (sulfide) groups is 1. The van der Waals surface area contributed by atoms with Crippen molar-refractivity contribution in [3.63, 3.8) is 0 Å². The van der Waals surface area contributed by atoms with Gasteiger partial charge >= 0.3 is 0 Å². The van der Waals surface area contributed by atoms with Crippen LogP contribution in [0.5, 0.6) is 0 Å². The summed E-state index contributed by atoms with van der Waals surface area (Å²) in [6.07, 6.45) is 0. The minimum absolute atomic E-state index is 0.0137. The monoisotopic (exact) mass is 280 g/mol. The van der Waals surface area contributed by atoms with Gasteiger partial charge in [0, 0.05) is 13.8 Å². The summed E-state index contributed by atoms with van der Waals surface area (Å²) in [5.74, 6) is -0.152. The normalized spacial score (nSPS) is 10.6. The van der Waals surface area contributed by atoms with E-state index in [2.05, 4.69) is 10.3 Å². The van der Waals surface area contributed by atoms with Gasteiger partial charge in [0.05, 0.1) is 25.8 Å². The first-order chi connectivity index (χ1) is 8.47. The number of nitrogens with one attached hydrogen (secondary N) is 1. The van der Waals surface area contributed by atoms with Crippen LogP contribution in [0.1, 0.15) is 18.9 Å². The molecule has 6 heteroatoms. The molecule has 0 radical (unpaired) electrons. The molecule has 0 aliphatic heterocycles. The Bertz CT molecular complexity index is 634. The third kappa shape index (κ3) is 2.70. The molecule has 0 unspecified atom stereocenters. The van der Waals surface area contributed by atoms with Gasteiger partial charge in [0.2, 0.25) is 5.91 Å². The lowest BCUT2D eigenvalue weighted by Gasteiger charge is -2.08. The van der Waals surface area contributed by atoms with Gasteiger partial charge in [-0.2, -0.15) is 0 Å². The number of fused-ring (bicyclic) bond motifs is 1. The van der Waals surface area contributed by atoms with E-state index in [1.54, 1.807) is 6.07 Å². The molecule has 0 aliphatic rings. The number of hydrogen-bond donors (Lipinski definition) is 1. The molecule has 1 aromatic carbocycles. The summed E-state index contributed by atoms with van der Waals surface area (Å²) in [6, 6.07) is 3.64. The summed E-state index contributed by atoms with van der Waals surface area (Å²) in [6.45, 7) is 4.88. The molecule has 0 fully saturated rings. The Morgan fingerprint density at radius 1 is 1.33 bits per heavy atom. The third-order valence-corrected chi connectivity index (χ3v) is 4.22. The van der Waals surface area contributed by atoms with Gasteiger partial charge in [0.25, 0.3) is 0 Å². The van der Waals surface area contributed by atoms with Gasteiger partial charge in [0.15, 0.2) is 5.12 Å². The van der Waals surface area contributed by atoms with E-state index < -0.39 is 0 Å². The van der Waals surface area contributed by atoms with E-state index >= 15 is 0 Å². The smallest absolute Gasteiger partial charge is 0.221 e. The fraction of sp³-hybridized carbons (Fsp3) is 0.250. The number of rotatable bonds is 2. The molecule has 94 valence electrons. The molecular formula is C12H12N2O2S2. The lowest BCUT2D eigenvalue weighted by atomic mass is 10.3. The predicted octanol–water partition coefficient (Wildman–Crippen LogP) is 3.20. The van der Waals surface area contributed by atoms with E-state index in [0.29, 0.717) is 5.69 Å². The van der Waals surface area contributed by atoms with Crippen LogP contribution in [0.4, 0.5) is 5.69 Å². The van der Waals surface area contributed by atoms with Gasteiger partial charge < -0.3 is 5.32 Å². The van der Waals surface area contributed by atoms with E-state index in [1.165, 1.54) is 25.2 Å². The van der Waals surface area contributed by atoms with Gasteiger partial charge in [-0.25, -0.2) is 4.98 Å². The van der Waals surface area contributed by atoms with Crippen molar-refractivity contribution in [1.29, 1.82) is 0 Å². The number of carbonyl (C=O) groups is 2. The highest BCUT2D eigenvalue weighted by Gasteiger charge is 2.14. The van der Waals surface area contributed by atoms with Crippen LogP contribution in [0, 0.1) is 6.92 Å². The molecule has 2 rings (SSSR count). The van der Waals surface area contributed by atoms with Crippen molar-refractivity contribution in [1.82, 2.24) is 4.98 Å². The Labute approximate surface area is 113 Å². The zero-order valence-corrected chi connectivity index (χ0v) is 11.9. The van der Waals surface area contributed by atoms with Crippen molar-refractivity contribution >= 4 is 50.0 Å². The first kappa shape index (κ1) is 13.0. The molecule has 0 atom stereocenters. The number of nitrogens with zero attached hydrogens (tertiary/aromatic N) is 1. The van der Waals surface area contributed by atoms with Crippen LogP contribution in [0.25, 0.3) is 10.2 Å². The second-order valence-electron chi connectivity index (χ2n) is 3.80. The summed E-state index contributed by atoms with van der Waals surface area (Å²) in [5.41, 5.74) is 1.52. The van der Waals surface area contributed by atoms with Crippen LogP contribution in [-0.4, -0.2) is 16.0 Å². The first-order valence-corrected chi connectivity index (χ1v) is 6.97. The maximum Gasteiger partial charge on any atom is 0.221 e. The fourth-order valence-electron chi connectivity index (χ4n) is 1.61. The maximum absolute atomic E-state index is 11.3. The molecule has 1 amide bonds. The van der Waals surface area contributed by atoms with Gasteiger partial charge in [-0.1, -0.05) is 0 Å². The van der Waals surface area contributed by atoms with Gasteiger partial charge in [0.1, 0.15) is 0 Å². The van der Waals surface area contributed by atoms with Gasteiger partial charge in [-0.15, -0.1) is 11.3 Å². The zero-order valence-electron chi connectivity index (χ0n) is 10.2. The lowest BCUT2D eigenvalue weighted by Crippen LogP contribution is -2.07. The third-order valence-electron chi connectivity index (χ3n) is 2.18. The first-order valence-electron chi connectivity index (χ1n) is 5.33. The number of aromatic nitrogens is 1. The number of aryl methyl sites for hydroxylation is 1. The van der Waals surface area contributed by atoms with Crippen molar-refractivity contribution in [2.24, 2.45) is 0 Å². The molecule has 0 bridgehead atoms. The van der Waals surface area contributed by atoms with Crippen LogP contribution < -0.4 is 5.32 Å². The van der Waals surface area contributed by atoms with E-state index in [4.69, 9.17) is 0 Å². The summed E-state index contributed by atoms with van der Waals surface area (Å²) in [4.78, 5) is 27.7. The minimum Gasteiger partial charge on any atom is -0.325 e. The SMILES string of the molecule is CC(=O)Nc1ccc2nc(C)sc2c1SC(C)=O. The van der Waals surface area contributed by atoms with Crippen molar-refractivity contribution in [2.45, 2.75) is 25.7 Å². The summed E-state index contributed by atoms with van der Waals surface area (Å²) >= 11 is 2.65. The van der Waals surface area contributed by atoms with Gasteiger partial charge in [-0.05, 0) is 30.8 Å². The summed E-state index contributed by atoms with van der Waals surface area (Å²) in [7, 11) is 0. The predicted molar refractivity (Wildman–Crippen MR) is 75.2 cm³/mol. The van der Waals surface area contributed by atoms with E-state index in [-0.39, 0.29) is 11.0 Å². The second-order valence-corrected chi connectivity index (χ2v) is 6.19. The van der Waals surface area contributed by atoms with E-state index in [0.717, 1.165) is 31.9 Å². The topological polar surface area (TPSA) is 59.1 Å². The lowest BCUT2D eigenvalue weighted by molar-refractivity contribution is -0.114. The maximum atomic E-state index is 11.3. The number of anilines is 1. The van der Waals surface area contributed by atoms with Crippen molar-refractivity contribution in [3.05, 3.63) is 17.1 Å². The zero-order chi connectivity index (χ0) is 13.3. The molecule has 1 N–H and O–H groups in total. The summed E-state index contributed by atoms with van der Waals surface area (Å²) < 4.78 is 0.943. The molecule has 0 spiro atoms. The molecule has 4 nitrogen and oxygen atoms in total. The van der Waals surface area contributed by atoms with Crippen LogP contribution in [-0.2, 0) is 9.59 Å². The standard InChI is InChI=1S/C12H12N2O2S2/c1-6(15)13-9-4-5-10-11(17-7(2)14-10)12(9)18-8(3)16/h4-5H,1-3H3,(H,13,15). The molecule has 1 heterocycles. The molecular weight excluding hydrogens is 268 g/mol.